The zero-order valence-corrected chi connectivity index (χ0v) is 39.3. The first-order valence-corrected chi connectivity index (χ1v) is 25.3. The van der Waals surface area contributed by atoms with Crippen LogP contribution in [0.2, 0.25) is 0 Å². The molecule has 1 fully saturated rings. The van der Waals surface area contributed by atoms with Gasteiger partial charge in [-0.3, -0.25) is 9.59 Å². The molecule has 6 N–H and O–H groups in total. The fourth-order valence-corrected chi connectivity index (χ4v) is 7.62. The molecule has 0 spiro atoms. The van der Waals surface area contributed by atoms with Crippen LogP contribution in [0.5, 0.6) is 0 Å². The Morgan fingerprint density at radius 2 is 1.05 bits per heavy atom. The van der Waals surface area contributed by atoms with Crippen LogP contribution in [0.4, 0.5) is 0 Å². The Hall–Kier alpha value is -2.12. The lowest BCUT2D eigenvalue weighted by atomic mass is 9.99. The number of hydrogen-bond donors (Lipinski definition) is 6. The molecular formula is C51H93NO10. The van der Waals surface area contributed by atoms with Gasteiger partial charge in [-0.2, -0.15) is 0 Å². The van der Waals surface area contributed by atoms with Gasteiger partial charge in [0.25, 0.3) is 0 Å². The van der Waals surface area contributed by atoms with Crippen molar-refractivity contribution in [1.82, 2.24) is 5.32 Å². The standard InChI is InChI=1S/C51H93NO10/c1-3-5-7-9-11-13-17-21-25-29-33-37-44(54)43(42-61-51-50(59)49(58)48(57)45(41-53)62-51)52-46(55)38-34-30-26-22-19-15-16-20-24-28-32-36-40-60-47(56)39-35-31-27-23-18-14-12-10-8-6-4-2/h16-17,20-21,33,37,43-45,48-51,53-54,57-59H,3-15,18-19,22-32,34-36,38-42H2,1-2H3,(H,52,55)/b20-16-,21-17+,37-33+. The van der Waals surface area contributed by atoms with Crippen molar-refractivity contribution in [2.75, 3.05) is 19.8 Å². The Morgan fingerprint density at radius 1 is 0.581 bits per heavy atom. The summed E-state index contributed by atoms with van der Waals surface area (Å²) in [7, 11) is 0. The van der Waals surface area contributed by atoms with Gasteiger partial charge in [0, 0.05) is 12.8 Å². The molecule has 11 heteroatoms. The zero-order chi connectivity index (χ0) is 45.3. The molecule has 7 unspecified atom stereocenters. The summed E-state index contributed by atoms with van der Waals surface area (Å²) in [5, 5.41) is 54.1. The molecule has 62 heavy (non-hydrogen) atoms. The van der Waals surface area contributed by atoms with Gasteiger partial charge in [0.2, 0.25) is 5.91 Å². The van der Waals surface area contributed by atoms with Crippen molar-refractivity contribution in [1.29, 1.82) is 0 Å². The second-order valence-electron chi connectivity index (χ2n) is 17.5. The van der Waals surface area contributed by atoms with E-state index in [0.29, 0.717) is 25.9 Å². The SMILES string of the molecule is CCCCCCC/C=C/CC/C=C/C(O)C(COC1OC(CO)C(O)C(O)C1O)NC(=O)CCCCCCC/C=C\CCCCCOC(=O)CCCCCCCCCCCCC. The lowest BCUT2D eigenvalue weighted by molar-refractivity contribution is -0.302. The van der Waals surface area contributed by atoms with E-state index >= 15 is 0 Å². The van der Waals surface area contributed by atoms with Crippen molar-refractivity contribution >= 4 is 11.9 Å². The third-order valence-electron chi connectivity index (χ3n) is 11.7. The van der Waals surface area contributed by atoms with Crippen molar-refractivity contribution < 1.29 is 49.3 Å². The Labute approximate surface area is 377 Å². The topological polar surface area (TPSA) is 175 Å². The van der Waals surface area contributed by atoms with E-state index in [1.54, 1.807) is 6.08 Å². The molecule has 1 saturated heterocycles. The number of carbonyl (C=O) groups is 2. The number of aliphatic hydroxyl groups is 5. The first kappa shape index (κ1) is 57.9. The number of rotatable bonds is 42. The molecular weight excluding hydrogens is 787 g/mol. The smallest absolute Gasteiger partial charge is 0.305 e. The van der Waals surface area contributed by atoms with Crippen LogP contribution in [0.3, 0.4) is 0 Å². The molecule has 11 nitrogen and oxygen atoms in total. The van der Waals surface area contributed by atoms with E-state index in [-0.39, 0.29) is 18.5 Å². The van der Waals surface area contributed by atoms with Gasteiger partial charge in [-0.25, -0.2) is 0 Å². The van der Waals surface area contributed by atoms with Crippen LogP contribution >= 0.6 is 0 Å². The van der Waals surface area contributed by atoms with E-state index in [9.17, 15) is 35.1 Å². The second-order valence-corrected chi connectivity index (χ2v) is 17.5. The van der Waals surface area contributed by atoms with Crippen molar-refractivity contribution in [2.24, 2.45) is 0 Å². The van der Waals surface area contributed by atoms with Gasteiger partial charge in [-0.05, 0) is 77.0 Å². The summed E-state index contributed by atoms with van der Waals surface area (Å²) in [6.07, 6.45) is 37.9. The van der Waals surface area contributed by atoms with Gasteiger partial charge in [0.15, 0.2) is 6.29 Å². The molecule has 0 aromatic heterocycles. The monoisotopic (exact) mass is 880 g/mol. The van der Waals surface area contributed by atoms with Crippen molar-refractivity contribution in [3.05, 3.63) is 36.5 Å². The van der Waals surface area contributed by atoms with Gasteiger partial charge in [0.1, 0.15) is 24.4 Å². The van der Waals surface area contributed by atoms with Crippen LogP contribution in [0.25, 0.3) is 0 Å². The van der Waals surface area contributed by atoms with Gasteiger partial charge in [-0.15, -0.1) is 0 Å². The predicted molar refractivity (Wildman–Crippen MR) is 251 cm³/mol. The minimum absolute atomic E-state index is 0.0491. The van der Waals surface area contributed by atoms with E-state index in [0.717, 1.165) is 89.9 Å². The van der Waals surface area contributed by atoms with E-state index in [1.807, 2.05) is 6.08 Å². The molecule has 0 radical (unpaired) electrons. The quantitative estimate of drug-likeness (QED) is 0.0197. The summed E-state index contributed by atoms with van der Waals surface area (Å²) in [5.41, 5.74) is 0. The van der Waals surface area contributed by atoms with Crippen molar-refractivity contribution in [3.63, 3.8) is 0 Å². The van der Waals surface area contributed by atoms with Gasteiger partial charge in [-0.1, -0.05) is 159 Å². The summed E-state index contributed by atoms with van der Waals surface area (Å²) in [6, 6.07) is -0.844. The molecule has 1 rings (SSSR count). The number of esters is 1. The molecule has 362 valence electrons. The maximum atomic E-state index is 13.0. The number of unbranched alkanes of at least 4 members (excludes halogenated alkanes) is 24. The zero-order valence-electron chi connectivity index (χ0n) is 39.3. The maximum absolute atomic E-state index is 13.0. The van der Waals surface area contributed by atoms with Gasteiger partial charge < -0.3 is 45.1 Å². The molecule has 1 aliphatic rings. The highest BCUT2D eigenvalue weighted by molar-refractivity contribution is 5.76. The normalized spacial score (nSPS) is 20.4. The summed E-state index contributed by atoms with van der Waals surface area (Å²) in [4.78, 5) is 25.0. The molecule has 0 saturated carbocycles. The highest BCUT2D eigenvalue weighted by Gasteiger charge is 2.44. The summed E-state index contributed by atoms with van der Waals surface area (Å²) in [5.74, 6) is -0.269. The lowest BCUT2D eigenvalue weighted by Crippen LogP contribution is -2.60. The van der Waals surface area contributed by atoms with E-state index in [4.69, 9.17) is 14.2 Å². The maximum Gasteiger partial charge on any atom is 0.305 e. The lowest BCUT2D eigenvalue weighted by Gasteiger charge is -2.40. The van der Waals surface area contributed by atoms with Crippen molar-refractivity contribution in [3.8, 4) is 0 Å². The predicted octanol–water partition coefficient (Wildman–Crippen LogP) is 9.99. The Kier molecular flexibility index (Phi) is 38.8. The molecule has 0 aliphatic carbocycles. The molecule has 0 bridgehead atoms. The van der Waals surface area contributed by atoms with Crippen LogP contribution in [0.1, 0.15) is 213 Å². The minimum Gasteiger partial charge on any atom is -0.466 e. The molecule has 7 atom stereocenters. The van der Waals surface area contributed by atoms with Crippen LogP contribution in [-0.2, 0) is 23.8 Å². The highest BCUT2D eigenvalue weighted by atomic mass is 16.7. The fraction of sp³-hybridized carbons (Fsp3) is 0.843. The summed E-state index contributed by atoms with van der Waals surface area (Å²) >= 11 is 0. The summed E-state index contributed by atoms with van der Waals surface area (Å²) in [6.45, 7) is 4.19. The van der Waals surface area contributed by atoms with Crippen LogP contribution in [-0.4, -0.2) is 100 Å². The van der Waals surface area contributed by atoms with Crippen LogP contribution in [0, 0.1) is 0 Å². The number of hydrogen-bond acceptors (Lipinski definition) is 10. The molecule has 1 amide bonds. The number of aliphatic hydroxyl groups excluding tert-OH is 5. The number of allylic oxidation sites excluding steroid dienone is 5. The van der Waals surface area contributed by atoms with Crippen LogP contribution < -0.4 is 5.32 Å². The molecule has 1 heterocycles. The minimum atomic E-state index is -1.58. The van der Waals surface area contributed by atoms with E-state index in [2.05, 4.69) is 43.5 Å². The second kappa shape index (κ2) is 41.6. The number of amides is 1. The van der Waals surface area contributed by atoms with Gasteiger partial charge >= 0.3 is 5.97 Å². The Morgan fingerprint density at radius 3 is 1.60 bits per heavy atom. The van der Waals surface area contributed by atoms with E-state index < -0.39 is 49.5 Å². The largest absolute Gasteiger partial charge is 0.466 e. The first-order valence-electron chi connectivity index (χ1n) is 25.3. The van der Waals surface area contributed by atoms with Gasteiger partial charge in [0.05, 0.1) is 32.0 Å². The third kappa shape index (κ3) is 31.7. The van der Waals surface area contributed by atoms with E-state index in [1.165, 1.54) is 89.9 Å². The Bertz CT molecular complexity index is 1130. The number of nitrogens with one attached hydrogen (secondary N) is 1. The Balaban J connectivity index is 2.23. The molecule has 0 aromatic carbocycles. The number of ether oxygens (including phenoxy) is 3. The highest BCUT2D eigenvalue weighted by Crippen LogP contribution is 2.22. The summed E-state index contributed by atoms with van der Waals surface area (Å²) < 4.78 is 16.6. The fourth-order valence-electron chi connectivity index (χ4n) is 7.62. The van der Waals surface area contributed by atoms with Crippen LogP contribution in [0.15, 0.2) is 36.5 Å². The molecule has 0 aromatic rings. The first-order chi connectivity index (χ1) is 30.2. The third-order valence-corrected chi connectivity index (χ3v) is 11.7. The average molecular weight is 880 g/mol. The van der Waals surface area contributed by atoms with Crippen molar-refractivity contribution in [2.45, 2.75) is 256 Å². The molecule has 1 aliphatic heterocycles. The average Bonchev–Trinajstić information content (AvgIpc) is 3.27. The number of carbonyl (C=O) groups excluding carboxylic acids is 2.